The maximum Gasteiger partial charge on any atom is 0.0227 e. The summed E-state index contributed by atoms with van der Waals surface area (Å²) in [6, 6.07) is 10.5. The van der Waals surface area contributed by atoms with Gasteiger partial charge in [-0.2, -0.15) is 0 Å². The quantitative estimate of drug-likeness (QED) is 0.734. The molecule has 0 atom stereocenters. The molecule has 1 radical (unpaired) electrons. The monoisotopic (exact) mass is 167 g/mol. The largest absolute Gasteiger partial charge is 0.344 e. The molecule has 0 aromatic heterocycles. The molecule has 2 heteroatoms. The molecule has 0 aliphatic rings. The molecule has 0 saturated carbocycles. The number of rotatable bonds is 2. The van der Waals surface area contributed by atoms with Crippen LogP contribution in [0.5, 0.6) is 0 Å². The first-order valence-electron chi connectivity index (χ1n) is 3.47. The van der Waals surface area contributed by atoms with Crippen LogP contribution in [-0.2, 0) is 6.54 Å². The van der Waals surface area contributed by atoms with Gasteiger partial charge in [-0.1, -0.05) is 37.8 Å². The van der Waals surface area contributed by atoms with E-state index in [9.17, 15) is 0 Å². The van der Waals surface area contributed by atoms with Crippen LogP contribution >= 0.6 is 0 Å². The van der Waals surface area contributed by atoms with Crippen molar-refractivity contribution in [3.63, 3.8) is 0 Å². The molecule has 0 heterocycles. The summed E-state index contributed by atoms with van der Waals surface area (Å²) in [5, 5.41) is 0. The van der Waals surface area contributed by atoms with Gasteiger partial charge in [-0.3, -0.25) is 0 Å². The fraction of sp³-hybridized carbons (Fsp3) is 0.300. The van der Waals surface area contributed by atoms with E-state index in [0.29, 0.717) is 0 Å². The van der Waals surface area contributed by atoms with E-state index in [-0.39, 0.29) is 13.6 Å². The molecule has 1 aromatic carbocycles. The van der Waals surface area contributed by atoms with E-state index in [4.69, 9.17) is 0 Å². The first kappa shape index (κ1) is 13.7. The van der Waals surface area contributed by atoms with Crippen molar-refractivity contribution >= 4 is 0 Å². The van der Waals surface area contributed by atoms with Crippen molar-refractivity contribution in [1.29, 1.82) is 0 Å². The average Bonchev–Trinajstić information content (AvgIpc) is 1.88. The second-order valence-electron chi connectivity index (χ2n) is 2.72. The molecule has 0 amide bonds. The third-order valence-electron chi connectivity index (χ3n) is 1.34. The minimum Gasteiger partial charge on any atom is -0.344 e. The van der Waals surface area contributed by atoms with Crippen molar-refractivity contribution in [2.75, 3.05) is 14.1 Å². The summed E-state index contributed by atoms with van der Waals surface area (Å²) < 4.78 is 0. The molecule has 0 aliphatic heterocycles. The van der Waals surface area contributed by atoms with Gasteiger partial charge in [-0.25, -0.2) is 0 Å². The van der Waals surface area contributed by atoms with E-state index < -0.39 is 0 Å². The molecule has 0 aliphatic carbocycles. The lowest BCUT2D eigenvalue weighted by atomic mass is 10.2. The zero-order valence-electron chi connectivity index (χ0n) is 8.25. The summed E-state index contributed by atoms with van der Waals surface area (Å²) in [7, 11) is 4.15. The molecule has 1 rings (SSSR count). The van der Waals surface area contributed by atoms with Crippen molar-refractivity contribution in [3.8, 4) is 0 Å². The van der Waals surface area contributed by atoms with Crippen LogP contribution in [0.3, 0.4) is 0 Å². The van der Waals surface area contributed by atoms with Crippen molar-refractivity contribution in [3.05, 3.63) is 43.3 Å². The highest BCUT2D eigenvalue weighted by atomic mass is 15.0. The molecule has 0 bridgehead atoms. The van der Waals surface area contributed by atoms with Gasteiger partial charge in [-0.05, 0) is 19.7 Å². The zero-order valence-corrected chi connectivity index (χ0v) is 8.25. The summed E-state index contributed by atoms with van der Waals surface area (Å²) in [6.45, 7) is 1.03. The van der Waals surface area contributed by atoms with E-state index >= 15 is 0 Å². The van der Waals surface area contributed by atoms with Gasteiger partial charge in [0.2, 0.25) is 0 Å². The van der Waals surface area contributed by atoms with Crippen LogP contribution in [0.25, 0.3) is 0 Å². The molecule has 0 saturated heterocycles. The summed E-state index contributed by atoms with van der Waals surface area (Å²) in [5.74, 6) is 0. The Balaban J connectivity index is 0. The van der Waals surface area contributed by atoms with E-state index in [2.05, 4.69) is 43.3 Å². The van der Waals surface area contributed by atoms with Crippen LogP contribution in [0.15, 0.2) is 30.3 Å². The van der Waals surface area contributed by atoms with E-state index in [0.717, 1.165) is 6.54 Å². The molecule has 1 aromatic rings. The Labute approximate surface area is 75.8 Å². The fourth-order valence-corrected chi connectivity index (χ4v) is 0.949. The average molecular weight is 167 g/mol. The highest BCUT2D eigenvalue weighted by Crippen LogP contribution is 1.99. The molecule has 0 fully saturated rings. The van der Waals surface area contributed by atoms with Crippen LogP contribution in [0.2, 0.25) is 0 Å². The van der Waals surface area contributed by atoms with Crippen LogP contribution in [0.1, 0.15) is 5.56 Å². The summed E-state index contributed by atoms with van der Waals surface area (Å²) >= 11 is 0. The molecular weight excluding hydrogens is 148 g/mol. The molecule has 0 spiro atoms. The van der Waals surface area contributed by atoms with Crippen LogP contribution in [0.4, 0.5) is 0 Å². The third kappa shape index (κ3) is 4.88. The van der Waals surface area contributed by atoms with Crippen molar-refractivity contribution < 1.29 is 0 Å². The van der Waals surface area contributed by atoms with Gasteiger partial charge < -0.3 is 11.1 Å². The molecule has 12 heavy (non-hydrogen) atoms. The van der Waals surface area contributed by atoms with E-state index in [1.165, 1.54) is 5.56 Å². The van der Waals surface area contributed by atoms with Gasteiger partial charge in [0.25, 0.3) is 0 Å². The first-order chi connectivity index (χ1) is 4.79. The Morgan fingerprint density at radius 2 is 1.58 bits per heavy atom. The van der Waals surface area contributed by atoms with Gasteiger partial charge in [0.15, 0.2) is 0 Å². The standard InChI is InChI=1S/C9H13N.CH3.H3N/c1-10(2)8-9-6-4-3-5-7-9;;/h3-7H,8H2,1-2H3;2*1H3. The summed E-state index contributed by atoms with van der Waals surface area (Å²) in [6.07, 6.45) is 0. The van der Waals surface area contributed by atoms with Gasteiger partial charge in [-0.15, -0.1) is 0 Å². The third-order valence-corrected chi connectivity index (χ3v) is 1.34. The van der Waals surface area contributed by atoms with Gasteiger partial charge in [0.05, 0.1) is 0 Å². The van der Waals surface area contributed by atoms with Crippen molar-refractivity contribution in [1.82, 2.24) is 11.1 Å². The fourth-order valence-electron chi connectivity index (χ4n) is 0.949. The van der Waals surface area contributed by atoms with Gasteiger partial charge in [0.1, 0.15) is 0 Å². The van der Waals surface area contributed by atoms with E-state index in [1.54, 1.807) is 0 Å². The first-order valence-corrected chi connectivity index (χ1v) is 3.47. The highest BCUT2D eigenvalue weighted by molar-refractivity contribution is 5.14. The minimum atomic E-state index is 0. The molecule has 69 valence electrons. The van der Waals surface area contributed by atoms with Crippen molar-refractivity contribution in [2.24, 2.45) is 0 Å². The SMILES string of the molecule is CN(C)Cc1ccccc1.N.[CH3]. The lowest BCUT2D eigenvalue weighted by Crippen LogP contribution is -2.10. The molecule has 0 unspecified atom stereocenters. The van der Waals surface area contributed by atoms with Crippen LogP contribution < -0.4 is 6.15 Å². The number of hydrogen-bond donors (Lipinski definition) is 1. The maximum atomic E-state index is 2.16. The van der Waals surface area contributed by atoms with Crippen LogP contribution in [-0.4, -0.2) is 19.0 Å². The maximum absolute atomic E-state index is 2.16. The second-order valence-corrected chi connectivity index (χ2v) is 2.72. The highest BCUT2D eigenvalue weighted by Gasteiger charge is 1.90. The Morgan fingerprint density at radius 3 is 2.00 bits per heavy atom. The Morgan fingerprint density at radius 1 is 1.08 bits per heavy atom. The van der Waals surface area contributed by atoms with Gasteiger partial charge >= 0.3 is 0 Å². The topological polar surface area (TPSA) is 38.2 Å². The smallest absolute Gasteiger partial charge is 0.0227 e. The Kier molecular flexibility index (Phi) is 7.80. The van der Waals surface area contributed by atoms with Gasteiger partial charge in [0, 0.05) is 6.54 Å². The molecule has 2 nitrogen and oxygen atoms in total. The summed E-state index contributed by atoms with van der Waals surface area (Å²) in [4.78, 5) is 2.16. The molecule has 3 N–H and O–H groups in total. The Hall–Kier alpha value is -0.860. The molecular formula is C10H19N2. The van der Waals surface area contributed by atoms with E-state index in [1.807, 2.05) is 6.07 Å². The summed E-state index contributed by atoms with van der Waals surface area (Å²) in [5.41, 5.74) is 1.37. The number of nitrogens with zero attached hydrogens (tertiary/aromatic N) is 1. The predicted octanol–water partition coefficient (Wildman–Crippen LogP) is 2.36. The lowest BCUT2D eigenvalue weighted by Gasteiger charge is -2.08. The predicted molar refractivity (Wildman–Crippen MR) is 55.3 cm³/mol. The second kappa shape index (κ2) is 6.83. The van der Waals surface area contributed by atoms with Crippen LogP contribution in [0, 0.1) is 7.43 Å². The number of hydrogen-bond acceptors (Lipinski definition) is 2. The zero-order chi connectivity index (χ0) is 7.40. The lowest BCUT2D eigenvalue weighted by molar-refractivity contribution is 0.402. The normalized spacial score (nSPS) is 8.58. The Bertz CT molecular complexity index is 182. The minimum absolute atomic E-state index is 0. The number of benzene rings is 1. The van der Waals surface area contributed by atoms with Crippen molar-refractivity contribution in [2.45, 2.75) is 6.54 Å².